The van der Waals surface area contributed by atoms with Crippen LogP contribution in [0.15, 0.2) is 48.5 Å². The van der Waals surface area contributed by atoms with Gasteiger partial charge in [0.25, 0.3) is 0 Å². The Morgan fingerprint density at radius 2 is 1.73 bits per heavy atom. The number of rotatable bonds is 5. The van der Waals surface area contributed by atoms with E-state index in [1.807, 2.05) is 0 Å². The fraction of sp³-hybridized carbons (Fsp3) is 0.176. The number of hydrogen-bond donors (Lipinski definition) is 2. The summed E-state index contributed by atoms with van der Waals surface area (Å²) in [5.74, 6) is -0.637. The predicted molar refractivity (Wildman–Crippen MR) is 84.4 cm³/mol. The zero-order valence-electron chi connectivity index (χ0n) is 12.3. The molecule has 0 aliphatic carbocycles. The van der Waals surface area contributed by atoms with Crippen LogP contribution in [0.4, 0.5) is 5.69 Å². The van der Waals surface area contributed by atoms with Crippen molar-refractivity contribution in [2.75, 3.05) is 12.8 Å². The Balaban J connectivity index is 2.29. The first-order chi connectivity index (χ1) is 10.5. The fourth-order valence-corrected chi connectivity index (χ4v) is 2.18. The van der Waals surface area contributed by atoms with Crippen LogP contribution in [0.5, 0.6) is 0 Å². The molecule has 5 heteroatoms. The summed E-state index contributed by atoms with van der Waals surface area (Å²) in [5, 5.41) is 0. The van der Waals surface area contributed by atoms with Crippen LogP contribution in [-0.4, -0.2) is 24.9 Å². The largest absolute Gasteiger partial charge is 0.468 e. The number of hydrogen-bond acceptors (Lipinski definition) is 5. The van der Waals surface area contributed by atoms with Crippen molar-refractivity contribution in [3.8, 4) is 0 Å². The molecule has 0 aliphatic heterocycles. The molecule has 0 amide bonds. The number of methoxy groups -OCH3 is 1. The summed E-state index contributed by atoms with van der Waals surface area (Å²) in [7, 11) is 1.29. The minimum Gasteiger partial charge on any atom is -0.468 e. The lowest BCUT2D eigenvalue weighted by molar-refractivity contribution is -0.142. The van der Waals surface area contributed by atoms with Gasteiger partial charge >= 0.3 is 5.97 Å². The van der Waals surface area contributed by atoms with Gasteiger partial charge in [-0.05, 0) is 36.2 Å². The molecule has 0 heterocycles. The maximum Gasteiger partial charge on any atom is 0.322 e. The molecule has 5 nitrogen and oxygen atoms in total. The second kappa shape index (κ2) is 6.87. The third kappa shape index (κ3) is 3.51. The van der Waals surface area contributed by atoms with Crippen LogP contribution >= 0.6 is 0 Å². The average Bonchev–Trinajstić information content (AvgIpc) is 2.54. The third-order valence-electron chi connectivity index (χ3n) is 3.38. The SMILES string of the molecule is COC(=O)[C@@H](N)Cc1ccccc1C(=O)c1ccc(N)cc1. The first kappa shape index (κ1) is 15.7. The van der Waals surface area contributed by atoms with E-state index < -0.39 is 12.0 Å². The molecule has 4 N–H and O–H groups in total. The predicted octanol–water partition coefficient (Wildman–Crippen LogP) is 1.54. The summed E-state index contributed by atoms with van der Waals surface area (Å²) < 4.78 is 4.62. The van der Waals surface area contributed by atoms with Gasteiger partial charge in [-0.3, -0.25) is 9.59 Å². The molecule has 0 bridgehead atoms. The lowest BCUT2D eigenvalue weighted by Gasteiger charge is -2.12. The van der Waals surface area contributed by atoms with E-state index in [2.05, 4.69) is 4.74 Å². The topological polar surface area (TPSA) is 95.4 Å². The van der Waals surface area contributed by atoms with Gasteiger partial charge in [0.05, 0.1) is 7.11 Å². The molecular formula is C17H18N2O3. The molecule has 0 saturated heterocycles. The molecule has 2 aromatic carbocycles. The Labute approximate surface area is 128 Å². The Hall–Kier alpha value is -2.66. The lowest BCUT2D eigenvalue weighted by Crippen LogP contribution is -2.34. The number of nitrogens with two attached hydrogens (primary N) is 2. The van der Waals surface area contributed by atoms with E-state index >= 15 is 0 Å². The number of carbonyl (C=O) groups excluding carboxylic acids is 2. The van der Waals surface area contributed by atoms with Crippen LogP contribution in [0, 0.1) is 0 Å². The van der Waals surface area contributed by atoms with Crippen molar-refractivity contribution in [3.05, 3.63) is 65.2 Å². The minimum atomic E-state index is -0.801. The number of nitrogen functional groups attached to an aromatic ring is 1. The van der Waals surface area contributed by atoms with Crippen molar-refractivity contribution in [1.82, 2.24) is 0 Å². The summed E-state index contributed by atoms with van der Waals surface area (Å²) in [6.45, 7) is 0. The van der Waals surface area contributed by atoms with Crippen LogP contribution in [0.2, 0.25) is 0 Å². The molecule has 0 aromatic heterocycles. The zero-order chi connectivity index (χ0) is 16.1. The van der Waals surface area contributed by atoms with E-state index in [0.29, 0.717) is 22.4 Å². The molecule has 22 heavy (non-hydrogen) atoms. The second-order valence-corrected chi connectivity index (χ2v) is 4.94. The van der Waals surface area contributed by atoms with Crippen molar-refractivity contribution in [3.63, 3.8) is 0 Å². The number of ketones is 1. The quantitative estimate of drug-likeness (QED) is 0.496. The van der Waals surface area contributed by atoms with Crippen LogP contribution in [0.3, 0.4) is 0 Å². The van der Waals surface area contributed by atoms with E-state index in [-0.39, 0.29) is 12.2 Å². The molecule has 114 valence electrons. The summed E-state index contributed by atoms with van der Waals surface area (Å²) in [5.41, 5.74) is 13.8. The normalized spacial score (nSPS) is 11.7. The van der Waals surface area contributed by atoms with E-state index in [4.69, 9.17) is 11.5 Å². The van der Waals surface area contributed by atoms with Gasteiger partial charge in [0.15, 0.2) is 5.78 Å². The number of anilines is 1. The number of carbonyl (C=O) groups is 2. The van der Waals surface area contributed by atoms with Crippen molar-refractivity contribution in [2.45, 2.75) is 12.5 Å². The monoisotopic (exact) mass is 298 g/mol. The van der Waals surface area contributed by atoms with Gasteiger partial charge in [-0.1, -0.05) is 24.3 Å². The number of ether oxygens (including phenoxy) is 1. The van der Waals surface area contributed by atoms with Gasteiger partial charge in [-0.15, -0.1) is 0 Å². The van der Waals surface area contributed by atoms with Crippen molar-refractivity contribution in [2.24, 2.45) is 5.73 Å². The van der Waals surface area contributed by atoms with E-state index in [1.54, 1.807) is 48.5 Å². The highest BCUT2D eigenvalue weighted by molar-refractivity contribution is 6.10. The van der Waals surface area contributed by atoms with Crippen molar-refractivity contribution >= 4 is 17.4 Å². The average molecular weight is 298 g/mol. The second-order valence-electron chi connectivity index (χ2n) is 4.94. The first-order valence-electron chi connectivity index (χ1n) is 6.84. The maximum absolute atomic E-state index is 12.6. The number of esters is 1. The summed E-state index contributed by atoms with van der Waals surface area (Å²) in [6, 6.07) is 13.0. The standard InChI is InChI=1S/C17H18N2O3/c1-22-17(21)15(19)10-12-4-2-3-5-14(12)16(20)11-6-8-13(18)9-7-11/h2-9,15H,10,18-19H2,1H3/t15-/m0/s1. The van der Waals surface area contributed by atoms with Crippen molar-refractivity contribution < 1.29 is 14.3 Å². The van der Waals surface area contributed by atoms with Crippen LogP contribution < -0.4 is 11.5 Å². The maximum atomic E-state index is 12.6. The summed E-state index contributed by atoms with van der Waals surface area (Å²) in [6.07, 6.45) is 0.240. The van der Waals surface area contributed by atoms with E-state index in [9.17, 15) is 9.59 Å². The molecule has 0 saturated carbocycles. The molecular weight excluding hydrogens is 280 g/mol. The Kier molecular flexibility index (Phi) is 4.91. The molecule has 0 fully saturated rings. The highest BCUT2D eigenvalue weighted by atomic mass is 16.5. The van der Waals surface area contributed by atoms with Crippen LogP contribution in [-0.2, 0) is 16.0 Å². The highest BCUT2D eigenvalue weighted by Gasteiger charge is 2.19. The molecule has 0 spiro atoms. The Bertz CT molecular complexity index is 681. The number of benzene rings is 2. The molecule has 0 unspecified atom stereocenters. The molecule has 1 atom stereocenters. The Morgan fingerprint density at radius 3 is 2.36 bits per heavy atom. The summed E-state index contributed by atoms with van der Waals surface area (Å²) in [4.78, 5) is 24.1. The van der Waals surface area contributed by atoms with Gasteiger partial charge in [0.2, 0.25) is 0 Å². The van der Waals surface area contributed by atoms with Gasteiger partial charge in [-0.25, -0.2) is 0 Å². The van der Waals surface area contributed by atoms with E-state index in [0.717, 1.165) is 0 Å². The third-order valence-corrected chi connectivity index (χ3v) is 3.38. The molecule has 0 aliphatic rings. The van der Waals surface area contributed by atoms with Crippen LogP contribution in [0.1, 0.15) is 21.5 Å². The van der Waals surface area contributed by atoms with E-state index in [1.165, 1.54) is 7.11 Å². The van der Waals surface area contributed by atoms with Crippen LogP contribution in [0.25, 0.3) is 0 Å². The smallest absolute Gasteiger partial charge is 0.322 e. The highest BCUT2D eigenvalue weighted by Crippen LogP contribution is 2.17. The minimum absolute atomic E-state index is 0.132. The Morgan fingerprint density at radius 1 is 1.09 bits per heavy atom. The molecule has 0 radical (unpaired) electrons. The molecule has 2 rings (SSSR count). The van der Waals surface area contributed by atoms with Gasteiger partial charge in [0, 0.05) is 16.8 Å². The zero-order valence-corrected chi connectivity index (χ0v) is 12.3. The summed E-state index contributed by atoms with van der Waals surface area (Å²) >= 11 is 0. The molecule has 2 aromatic rings. The fourth-order valence-electron chi connectivity index (χ4n) is 2.18. The van der Waals surface area contributed by atoms with Crippen molar-refractivity contribution in [1.29, 1.82) is 0 Å². The van der Waals surface area contributed by atoms with Gasteiger partial charge in [-0.2, -0.15) is 0 Å². The lowest BCUT2D eigenvalue weighted by atomic mass is 9.94. The van der Waals surface area contributed by atoms with Gasteiger partial charge in [0.1, 0.15) is 6.04 Å². The first-order valence-corrected chi connectivity index (χ1v) is 6.84. The van der Waals surface area contributed by atoms with Gasteiger partial charge < -0.3 is 16.2 Å².